The summed E-state index contributed by atoms with van der Waals surface area (Å²) in [7, 11) is 0. The average Bonchev–Trinajstić information content (AvgIpc) is 2.35. The Bertz CT molecular complexity index is 253. The van der Waals surface area contributed by atoms with Gasteiger partial charge in [-0.05, 0) is 45.4 Å². The fraction of sp³-hybridized carbons (Fsp3) is 0.933. The number of hydrogen-bond acceptors (Lipinski definition) is 2. The minimum absolute atomic E-state index is 0.0575. The molecule has 18 heavy (non-hydrogen) atoms. The van der Waals surface area contributed by atoms with Crippen LogP contribution in [0.3, 0.4) is 0 Å². The highest BCUT2D eigenvalue weighted by atomic mass is 16.2. The van der Waals surface area contributed by atoms with Crippen molar-refractivity contribution in [3.8, 4) is 0 Å². The van der Waals surface area contributed by atoms with Crippen molar-refractivity contribution >= 4 is 5.91 Å². The highest BCUT2D eigenvalue weighted by Gasteiger charge is 2.30. The van der Waals surface area contributed by atoms with Crippen LogP contribution in [0.1, 0.15) is 53.9 Å². The van der Waals surface area contributed by atoms with Gasteiger partial charge in [-0.2, -0.15) is 0 Å². The Morgan fingerprint density at radius 2 is 1.72 bits per heavy atom. The molecular formula is C15H30N2O. The number of carbonyl (C=O) groups excluding carboxylic acids is 1. The second-order valence-electron chi connectivity index (χ2n) is 5.81. The molecule has 1 aliphatic carbocycles. The smallest absolute Gasteiger partial charge is 0.239 e. The van der Waals surface area contributed by atoms with Crippen molar-refractivity contribution in [2.45, 2.75) is 66.0 Å². The van der Waals surface area contributed by atoms with Crippen LogP contribution >= 0.6 is 0 Å². The van der Waals surface area contributed by atoms with Crippen LogP contribution < -0.4 is 5.32 Å². The van der Waals surface area contributed by atoms with E-state index in [9.17, 15) is 4.79 Å². The summed E-state index contributed by atoms with van der Waals surface area (Å²) < 4.78 is 0. The van der Waals surface area contributed by atoms with Gasteiger partial charge in [-0.3, -0.25) is 4.79 Å². The van der Waals surface area contributed by atoms with Crippen molar-refractivity contribution in [2.75, 3.05) is 13.1 Å². The van der Waals surface area contributed by atoms with Crippen LogP contribution in [-0.2, 0) is 4.79 Å². The fourth-order valence-corrected chi connectivity index (χ4v) is 3.18. The van der Waals surface area contributed by atoms with E-state index < -0.39 is 0 Å². The Kier molecular flexibility index (Phi) is 6.13. The molecule has 3 unspecified atom stereocenters. The van der Waals surface area contributed by atoms with E-state index in [1.807, 2.05) is 25.7 Å². The summed E-state index contributed by atoms with van der Waals surface area (Å²) in [6, 6.07) is 0.436. The highest BCUT2D eigenvalue weighted by Crippen LogP contribution is 2.29. The molecule has 3 atom stereocenters. The number of nitrogens with zero attached hydrogens (tertiary/aromatic N) is 1. The summed E-state index contributed by atoms with van der Waals surface area (Å²) in [5.41, 5.74) is 0. The molecule has 1 saturated carbocycles. The molecule has 0 aromatic heterocycles. The summed E-state index contributed by atoms with van der Waals surface area (Å²) in [5.74, 6) is 1.60. The maximum Gasteiger partial charge on any atom is 0.239 e. The van der Waals surface area contributed by atoms with E-state index in [-0.39, 0.29) is 11.9 Å². The molecule has 106 valence electrons. The van der Waals surface area contributed by atoms with Crippen molar-refractivity contribution in [1.82, 2.24) is 10.2 Å². The molecule has 0 radical (unpaired) electrons. The molecule has 0 aliphatic heterocycles. The molecule has 1 N–H and O–H groups in total. The third-order valence-corrected chi connectivity index (χ3v) is 4.43. The number of nitrogens with one attached hydrogen (secondary N) is 1. The molecule has 0 saturated heterocycles. The van der Waals surface area contributed by atoms with Gasteiger partial charge in [0.15, 0.2) is 0 Å². The minimum Gasteiger partial charge on any atom is -0.342 e. The SMILES string of the molecule is CCN(CC)C(=O)C(C)NC1C(C)CCCC1C. The quantitative estimate of drug-likeness (QED) is 0.818. The Balaban J connectivity index is 2.57. The summed E-state index contributed by atoms with van der Waals surface area (Å²) in [6.07, 6.45) is 3.90. The first kappa shape index (κ1) is 15.5. The zero-order chi connectivity index (χ0) is 13.7. The van der Waals surface area contributed by atoms with Gasteiger partial charge < -0.3 is 10.2 Å². The molecular weight excluding hydrogens is 224 g/mol. The van der Waals surface area contributed by atoms with Crippen LogP contribution in [0.25, 0.3) is 0 Å². The third-order valence-electron chi connectivity index (χ3n) is 4.43. The third kappa shape index (κ3) is 3.71. The number of carbonyl (C=O) groups is 1. The highest BCUT2D eigenvalue weighted by molar-refractivity contribution is 5.81. The van der Waals surface area contributed by atoms with Crippen molar-refractivity contribution in [3.05, 3.63) is 0 Å². The maximum absolute atomic E-state index is 12.3. The molecule has 3 nitrogen and oxygen atoms in total. The zero-order valence-corrected chi connectivity index (χ0v) is 12.7. The molecule has 1 fully saturated rings. The van der Waals surface area contributed by atoms with Crippen molar-refractivity contribution < 1.29 is 4.79 Å². The predicted octanol–water partition coefficient (Wildman–Crippen LogP) is 2.66. The van der Waals surface area contributed by atoms with E-state index in [1.54, 1.807) is 0 Å². The minimum atomic E-state index is -0.0575. The van der Waals surface area contributed by atoms with Crippen molar-refractivity contribution in [2.24, 2.45) is 11.8 Å². The Hall–Kier alpha value is -0.570. The predicted molar refractivity (Wildman–Crippen MR) is 76.5 cm³/mol. The summed E-state index contributed by atoms with van der Waals surface area (Å²) in [6.45, 7) is 12.3. The molecule has 1 amide bonds. The van der Waals surface area contributed by atoms with Gasteiger partial charge in [-0.15, -0.1) is 0 Å². The maximum atomic E-state index is 12.3. The average molecular weight is 254 g/mol. The van der Waals surface area contributed by atoms with Crippen LogP contribution in [0.5, 0.6) is 0 Å². The topological polar surface area (TPSA) is 32.3 Å². The molecule has 0 spiro atoms. The van der Waals surface area contributed by atoms with E-state index in [2.05, 4.69) is 19.2 Å². The molecule has 0 aromatic carbocycles. The first-order valence-electron chi connectivity index (χ1n) is 7.56. The van der Waals surface area contributed by atoms with Gasteiger partial charge >= 0.3 is 0 Å². The first-order valence-corrected chi connectivity index (χ1v) is 7.56. The van der Waals surface area contributed by atoms with Gasteiger partial charge in [-0.1, -0.05) is 20.3 Å². The van der Waals surface area contributed by atoms with Gasteiger partial charge in [0.25, 0.3) is 0 Å². The second kappa shape index (κ2) is 7.13. The Morgan fingerprint density at radius 3 is 2.17 bits per heavy atom. The first-order chi connectivity index (χ1) is 8.51. The molecule has 0 bridgehead atoms. The molecule has 0 heterocycles. The summed E-state index contributed by atoms with van der Waals surface area (Å²) >= 11 is 0. The number of rotatable bonds is 5. The molecule has 0 aromatic rings. The van der Waals surface area contributed by atoms with Crippen LogP contribution in [-0.4, -0.2) is 36.0 Å². The monoisotopic (exact) mass is 254 g/mol. The fourth-order valence-electron chi connectivity index (χ4n) is 3.18. The number of amides is 1. The van der Waals surface area contributed by atoms with E-state index in [0.717, 1.165) is 13.1 Å². The lowest BCUT2D eigenvalue weighted by Gasteiger charge is -2.37. The Morgan fingerprint density at radius 1 is 1.22 bits per heavy atom. The van der Waals surface area contributed by atoms with Crippen LogP contribution in [0, 0.1) is 11.8 Å². The lowest BCUT2D eigenvalue weighted by atomic mass is 9.78. The zero-order valence-electron chi connectivity index (χ0n) is 12.7. The van der Waals surface area contributed by atoms with Crippen molar-refractivity contribution in [3.63, 3.8) is 0 Å². The second-order valence-corrected chi connectivity index (χ2v) is 5.81. The van der Waals surface area contributed by atoms with E-state index >= 15 is 0 Å². The summed E-state index contributed by atoms with van der Waals surface area (Å²) in [5, 5.41) is 3.58. The summed E-state index contributed by atoms with van der Waals surface area (Å²) in [4.78, 5) is 14.2. The molecule has 1 aliphatic rings. The van der Waals surface area contributed by atoms with Gasteiger partial charge in [0.2, 0.25) is 5.91 Å². The number of likely N-dealkylation sites (N-methyl/N-ethyl adjacent to an activating group) is 1. The standard InChI is InChI=1S/C15H30N2O/c1-6-17(7-2)15(18)13(5)16-14-11(3)9-8-10-12(14)4/h11-14,16H,6-10H2,1-5H3. The van der Waals surface area contributed by atoms with Gasteiger partial charge in [0, 0.05) is 19.1 Å². The molecule has 3 heteroatoms. The van der Waals surface area contributed by atoms with E-state index in [1.165, 1.54) is 19.3 Å². The van der Waals surface area contributed by atoms with Gasteiger partial charge in [0.05, 0.1) is 6.04 Å². The van der Waals surface area contributed by atoms with Crippen LogP contribution in [0.15, 0.2) is 0 Å². The lowest BCUT2D eigenvalue weighted by Crippen LogP contribution is -2.52. The van der Waals surface area contributed by atoms with Crippen molar-refractivity contribution in [1.29, 1.82) is 0 Å². The largest absolute Gasteiger partial charge is 0.342 e. The number of hydrogen-bond donors (Lipinski definition) is 1. The van der Waals surface area contributed by atoms with Crippen LogP contribution in [0.2, 0.25) is 0 Å². The van der Waals surface area contributed by atoms with E-state index in [0.29, 0.717) is 17.9 Å². The van der Waals surface area contributed by atoms with Gasteiger partial charge in [-0.25, -0.2) is 0 Å². The molecule has 1 rings (SSSR count). The van der Waals surface area contributed by atoms with Crippen LogP contribution in [0.4, 0.5) is 0 Å². The Labute approximate surface area is 112 Å². The lowest BCUT2D eigenvalue weighted by molar-refractivity contribution is -0.133. The van der Waals surface area contributed by atoms with Gasteiger partial charge in [0.1, 0.15) is 0 Å². The van der Waals surface area contributed by atoms with E-state index in [4.69, 9.17) is 0 Å². The normalized spacial score (nSPS) is 29.9.